The van der Waals surface area contributed by atoms with Crippen molar-refractivity contribution in [2.24, 2.45) is 0 Å². The number of nitrogens with one attached hydrogen (secondary N) is 3. The number of carboxylic acids is 1. The van der Waals surface area contributed by atoms with E-state index >= 15 is 0 Å². The Bertz CT molecular complexity index is 1060. The van der Waals surface area contributed by atoms with Gasteiger partial charge in [0.2, 0.25) is 5.91 Å². The summed E-state index contributed by atoms with van der Waals surface area (Å²) in [5, 5.41) is 27.2. The molecule has 13 heteroatoms. The highest BCUT2D eigenvalue weighted by atomic mass is 32.2. The molecular weight excluding hydrogens is 426 g/mol. The number of benzene rings is 1. The molecule has 0 aliphatic carbocycles. The second kappa shape index (κ2) is 8.55. The molecule has 4 N–H and O–H groups in total. The third-order valence-electron chi connectivity index (χ3n) is 4.77. The number of fused-ring (bicyclic) bond motifs is 1. The minimum absolute atomic E-state index is 0.00889. The Labute approximate surface area is 179 Å². The Hall–Kier alpha value is -3.74. The predicted octanol–water partition coefficient (Wildman–Crippen LogP) is -1.20. The maximum atomic E-state index is 12.6. The largest absolute Gasteiger partial charge is 0.477 e. The average Bonchev–Trinajstić information content (AvgIpc) is 3.28. The summed E-state index contributed by atoms with van der Waals surface area (Å²) in [6.45, 7) is 0.229. The number of hydrogen-bond acceptors (Lipinski definition) is 8. The monoisotopic (exact) mass is 443 g/mol. The quantitative estimate of drug-likeness (QED) is 0.384. The fraction of sp³-hybridized carbons (Fsp3) is 0.278. The van der Waals surface area contributed by atoms with E-state index in [9.17, 15) is 24.3 Å². The Balaban J connectivity index is 1.45. The van der Waals surface area contributed by atoms with Crippen molar-refractivity contribution >= 4 is 35.5 Å². The molecule has 160 valence electrons. The fourth-order valence-corrected chi connectivity index (χ4v) is 4.64. The molecule has 31 heavy (non-hydrogen) atoms. The van der Waals surface area contributed by atoms with Gasteiger partial charge in [-0.1, -0.05) is 35.5 Å². The van der Waals surface area contributed by atoms with Crippen LogP contribution in [0.5, 0.6) is 0 Å². The van der Waals surface area contributed by atoms with E-state index < -0.39 is 35.1 Å². The number of H-pyrrole nitrogens is 1. The Morgan fingerprint density at radius 2 is 2.03 bits per heavy atom. The lowest BCUT2D eigenvalue weighted by Crippen LogP contribution is -2.71. The Morgan fingerprint density at radius 3 is 2.71 bits per heavy atom. The van der Waals surface area contributed by atoms with Gasteiger partial charge in [0.1, 0.15) is 17.1 Å². The molecule has 1 aromatic carbocycles. The summed E-state index contributed by atoms with van der Waals surface area (Å²) in [6.07, 6.45) is -0.174. The summed E-state index contributed by atoms with van der Waals surface area (Å²) in [7, 11) is 0. The van der Waals surface area contributed by atoms with E-state index in [-0.39, 0.29) is 35.8 Å². The molecule has 1 aromatic heterocycles. The first-order valence-corrected chi connectivity index (χ1v) is 10.3. The van der Waals surface area contributed by atoms with E-state index in [0.717, 1.165) is 10.5 Å². The van der Waals surface area contributed by atoms with Crippen LogP contribution in [0.4, 0.5) is 0 Å². The number of carbonyl (C=O) groups is 4. The Morgan fingerprint density at radius 1 is 1.26 bits per heavy atom. The van der Waals surface area contributed by atoms with Crippen molar-refractivity contribution in [2.45, 2.75) is 24.4 Å². The highest BCUT2D eigenvalue weighted by Crippen LogP contribution is 2.40. The first-order chi connectivity index (χ1) is 15.0. The number of hydrogen-bond donors (Lipinski definition) is 4. The van der Waals surface area contributed by atoms with Crippen molar-refractivity contribution < 1.29 is 24.3 Å². The number of thioether (sulfide) groups is 1. The van der Waals surface area contributed by atoms with Crippen molar-refractivity contribution in [1.82, 2.24) is 36.2 Å². The summed E-state index contributed by atoms with van der Waals surface area (Å²) in [6, 6.07) is 8.28. The van der Waals surface area contributed by atoms with Crippen LogP contribution < -0.4 is 10.6 Å². The van der Waals surface area contributed by atoms with Crippen LogP contribution in [-0.4, -0.2) is 71.5 Å². The molecule has 1 unspecified atom stereocenters. The summed E-state index contributed by atoms with van der Waals surface area (Å²) < 4.78 is 0. The van der Waals surface area contributed by atoms with E-state index in [2.05, 4.69) is 31.3 Å². The van der Waals surface area contributed by atoms with Crippen LogP contribution >= 0.6 is 11.8 Å². The SMILES string of the molecule is O=C(Cc1nn[nH]n1)NC1C(=O)N2C(C(=O)O)=C(C(=O)NCc3ccccc3)CS[C@H]12. The van der Waals surface area contributed by atoms with Gasteiger partial charge in [0, 0.05) is 12.3 Å². The van der Waals surface area contributed by atoms with Gasteiger partial charge in [0.25, 0.3) is 11.8 Å². The molecule has 2 aliphatic rings. The number of carbonyl (C=O) groups excluding carboxylic acids is 3. The van der Waals surface area contributed by atoms with Gasteiger partial charge in [0.15, 0.2) is 5.82 Å². The molecule has 1 fully saturated rings. The van der Waals surface area contributed by atoms with Crippen molar-refractivity contribution in [3.05, 3.63) is 53.0 Å². The van der Waals surface area contributed by atoms with E-state index in [0.29, 0.717) is 0 Å². The minimum Gasteiger partial charge on any atom is -0.477 e. The van der Waals surface area contributed by atoms with Gasteiger partial charge in [-0.25, -0.2) is 4.79 Å². The summed E-state index contributed by atoms with van der Waals surface area (Å²) in [5.74, 6) is -2.75. The molecule has 12 nitrogen and oxygen atoms in total. The number of amides is 3. The lowest BCUT2D eigenvalue weighted by Gasteiger charge is -2.49. The molecule has 0 saturated carbocycles. The van der Waals surface area contributed by atoms with E-state index in [1.165, 1.54) is 11.8 Å². The molecule has 3 amide bonds. The van der Waals surface area contributed by atoms with Crippen LogP contribution in [0.3, 0.4) is 0 Å². The highest BCUT2D eigenvalue weighted by Gasteiger charge is 2.54. The lowest BCUT2D eigenvalue weighted by molar-refractivity contribution is -0.150. The molecule has 2 atom stereocenters. The number of nitrogens with zero attached hydrogens (tertiary/aromatic N) is 4. The number of aliphatic carboxylic acids is 1. The molecule has 3 heterocycles. The third-order valence-corrected chi connectivity index (χ3v) is 6.05. The zero-order chi connectivity index (χ0) is 22.0. The number of tetrazole rings is 1. The van der Waals surface area contributed by atoms with Crippen LogP contribution in [0.15, 0.2) is 41.6 Å². The second-order valence-corrected chi connectivity index (χ2v) is 7.87. The Kier molecular flexibility index (Phi) is 5.66. The van der Waals surface area contributed by atoms with Gasteiger partial charge >= 0.3 is 5.97 Å². The minimum atomic E-state index is -1.37. The van der Waals surface area contributed by atoms with E-state index in [1.54, 1.807) is 0 Å². The fourth-order valence-electron chi connectivity index (χ4n) is 3.30. The van der Waals surface area contributed by atoms with Crippen molar-refractivity contribution in [3.63, 3.8) is 0 Å². The molecule has 4 rings (SSSR count). The molecule has 0 bridgehead atoms. The maximum absolute atomic E-state index is 12.6. The summed E-state index contributed by atoms with van der Waals surface area (Å²) >= 11 is 1.21. The lowest BCUT2D eigenvalue weighted by atomic mass is 10.0. The average molecular weight is 443 g/mol. The predicted molar refractivity (Wildman–Crippen MR) is 106 cm³/mol. The standard InChI is InChI=1S/C18H17N7O5S/c26-12(6-11-21-23-24-22-11)20-13-16(28)25-14(18(29)30)10(8-31-17(13)25)15(27)19-7-9-4-2-1-3-5-9/h1-5,13,17H,6-8H2,(H,19,27)(H,20,26)(H,29,30)(H,21,22,23,24)/t13?,17-/m1/s1. The van der Waals surface area contributed by atoms with Gasteiger partial charge in [0.05, 0.1) is 12.0 Å². The highest BCUT2D eigenvalue weighted by molar-refractivity contribution is 8.00. The number of aromatic nitrogens is 4. The van der Waals surface area contributed by atoms with E-state index in [4.69, 9.17) is 0 Å². The van der Waals surface area contributed by atoms with Gasteiger partial charge in [-0.05, 0) is 5.56 Å². The van der Waals surface area contributed by atoms with Gasteiger partial charge in [-0.3, -0.25) is 19.3 Å². The van der Waals surface area contributed by atoms with Crippen LogP contribution in [0.1, 0.15) is 11.4 Å². The normalized spacial score (nSPS) is 20.0. The topological polar surface area (TPSA) is 170 Å². The maximum Gasteiger partial charge on any atom is 0.353 e. The van der Waals surface area contributed by atoms with Crippen molar-refractivity contribution in [2.75, 3.05) is 5.75 Å². The number of β-lactam (4-membered cyclic amide) rings is 1. The molecule has 0 radical (unpaired) electrons. The van der Waals surface area contributed by atoms with Crippen LogP contribution in [0.2, 0.25) is 0 Å². The zero-order valence-electron chi connectivity index (χ0n) is 15.9. The van der Waals surface area contributed by atoms with Gasteiger partial charge in [-0.15, -0.1) is 22.0 Å². The number of rotatable bonds is 7. The summed E-state index contributed by atoms with van der Waals surface area (Å²) in [4.78, 5) is 50.3. The van der Waals surface area contributed by atoms with Gasteiger partial charge < -0.3 is 15.7 Å². The zero-order valence-corrected chi connectivity index (χ0v) is 16.8. The van der Waals surface area contributed by atoms with Crippen LogP contribution in [-0.2, 0) is 32.1 Å². The third kappa shape index (κ3) is 4.12. The molecule has 0 spiro atoms. The van der Waals surface area contributed by atoms with Crippen molar-refractivity contribution in [1.29, 1.82) is 0 Å². The molecule has 2 aromatic rings. The smallest absolute Gasteiger partial charge is 0.353 e. The molecule has 2 aliphatic heterocycles. The first kappa shape index (κ1) is 20.5. The second-order valence-electron chi connectivity index (χ2n) is 6.76. The first-order valence-electron chi connectivity index (χ1n) is 9.20. The summed E-state index contributed by atoms with van der Waals surface area (Å²) in [5.41, 5.74) is 0.511. The van der Waals surface area contributed by atoms with E-state index in [1.807, 2.05) is 30.3 Å². The van der Waals surface area contributed by atoms with Crippen molar-refractivity contribution in [3.8, 4) is 0 Å². The molecular formula is C18H17N7O5S. The van der Waals surface area contributed by atoms with Crippen LogP contribution in [0, 0.1) is 0 Å². The molecule has 1 saturated heterocycles. The number of carboxylic acid groups (broad SMARTS) is 1. The van der Waals surface area contributed by atoms with Gasteiger partial charge in [-0.2, -0.15) is 5.21 Å². The van der Waals surface area contributed by atoms with Crippen LogP contribution in [0.25, 0.3) is 0 Å². The number of aromatic amines is 1.